The van der Waals surface area contributed by atoms with Crippen molar-refractivity contribution < 1.29 is 14.2 Å². The normalized spacial score (nSPS) is 21.3. The van der Waals surface area contributed by atoms with Gasteiger partial charge in [0.15, 0.2) is 0 Å². The van der Waals surface area contributed by atoms with Crippen LogP contribution in [-0.2, 0) is 4.74 Å². The van der Waals surface area contributed by atoms with Crippen molar-refractivity contribution in [2.45, 2.75) is 37.8 Å². The number of rotatable bonds is 6. The highest BCUT2D eigenvalue weighted by Gasteiger charge is 2.24. The number of hydrogen-bond donors (Lipinski definition) is 1. The van der Waals surface area contributed by atoms with Gasteiger partial charge in [-0.2, -0.15) is 0 Å². The van der Waals surface area contributed by atoms with Gasteiger partial charge in [-0.15, -0.1) is 0 Å². The third kappa shape index (κ3) is 4.67. The summed E-state index contributed by atoms with van der Waals surface area (Å²) in [5.74, 6) is 2.10. The van der Waals surface area contributed by atoms with E-state index in [0.717, 1.165) is 80.3 Å². The fourth-order valence-electron chi connectivity index (χ4n) is 4.33. The zero-order valence-electron chi connectivity index (χ0n) is 18.2. The van der Waals surface area contributed by atoms with Gasteiger partial charge in [-0.25, -0.2) is 15.0 Å². The predicted octanol–water partition coefficient (Wildman–Crippen LogP) is 3.07. The molecule has 0 spiro atoms. The van der Waals surface area contributed by atoms with Crippen LogP contribution >= 0.6 is 0 Å². The van der Waals surface area contributed by atoms with Crippen molar-refractivity contribution >= 4 is 22.5 Å². The van der Waals surface area contributed by atoms with Crippen molar-refractivity contribution in [3.05, 3.63) is 36.9 Å². The van der Waals surface area contributed by atoms with Crippen molar-refractivity contribution in [1.29, 1.82) is 0 Å². The molecule has 0 unspecified atom stereocenters. The SMILES string of the molecule is COc1cnc(N[C@H]2CC[C@@H](Oc3cc(N4CCOCC4)cc4nccnc34)CC2)cn1. The van der Waals surface area contributed by atoms with Crippen LogP contribution in [0.1, 0.15) is 25.7 Å². The third-order valence-electron chi connectivity index (χ3n) is 6.06. The minimum atomic E-state index is 0.153. The second kappa shape index (κ2) is 9.52. The summed E-state index contributed by atoms with van der Waals surface area (Å²) in [6.07, 6.45) is 10.9. The van der Waals surface area contributed by atoms with Crippen LogP contribution < -0.4 is 19.7 Å². The second-order valence-electron chi connectivity index (χ2n) is 8.15. The van der Waals surface area contributed by atoms with Gasteiger partial charge in [0.05, 0.1) is 44.3 Å². The van der Waals surface area contributed by atoms with Crippen molar-refractivity contribution in [1.82, 2.24) is 19.9 Å². The van der Waals surface area contributed by atoms with Gasteiger partial charge in [-0.05, 0) is 31.7 Å². The molecule has 1 aromatic carbocycles. The molecule has 2 aromatic heterocycles. The standard InChI is InChI=1S/C23H28N6O3/c1-30-22-15-26-21(14-27-22)28-16-2-4-18(5-3-16)32-20-13-17(29-8-10-31-11-9-29)12-19-23(20)25-7-6-24-19/h6-7,12-16,18H,2-5,8-11H2,1H3,(H,26,28)/t16-,18+. The first kappa shape index (κ1) is 20.7. The molecule has 9 heteroatoms. The van der Waals surface area contributed by atoms with Gasteiger partial charge in [-0.3, -0.25) is 4.98 Å². The Morgan fingerprint density at radius 1 is 0.969 bits per heavy atom. The van der Waals surface area contributed by atoms with E-state index in [2.05, 4.69) is 42.3 Å². The summed E-state index contributed by atoms with van der Waals surface area (Å²) in [7, 11) is 1.59. The van der Waals surface area contributed by atoms with Crippen LogP contribution in [0, 0.1) is 0 Å². The first-order valence-corrected chi connectivity index (χ1v) is 11.1. The summed E-state index contributed by atoms with van der Waals surface area (Å²) >= 11 is 0. The third-order valence-corrected chi connectivity index (χ3v) is 6.06. The number of hydrogen-bond acceptors (Lipinski definition) is 9. The summed E-state index contributed by atoms with van der Waals surface area (Å²) in [5.41, 5.74) is 2.79. The average Bonchev–Trinajstić information content (AvgIpc) is 2.86. The van der Waals surface area contributed by atoms with E-state index in [4.69, 9.17) is 14.2 Å². The lowest BCUT2D eigenvalue weighted by atomic mass is 9.93. The number of aromatic nitrogens is 4. The van der Waals surface area contributed by atoms with E-state index >= 15 is 0 Å². The van der Waals surface area contributed by atoms with Crippen LogP contribution in [0.3, 0.4) is 0 Å². The van der Waals surface area contributed by atoms with E-state index in [1.807, 2.05) is 0 Å². The molecule has 5 rings (SSSR count). The Balaban J connectivity index is 1.25. The van der Waals surface area contributed by atoms with E-state index in [0.29, 0.717) is 11.9 Å². The molecule has 0 amide bonds. The Morgan fingerprint density at radius 3 is 2.53 bits per heavy atom. The van der Waals surface area contributed by atoms with E-state index in [1.165, 1.54) is 0 Å². The lowest BCUT2D eigenvalue weighted by Crippen LogP contribution is -2.36. The molecule has 1 saturated carbocycles. The molecule has 9 nitrogen and oxygen atoms in total. The molecule has 168 valence electrons. The van der Waals surface area contributed by atoms with E-state index in [9.17, 15) is 0 Å². The summed E-state index contributed by atoms with van der Waals surface area (Å²) in [5, 5.41) is 3.47. The summed E-state index contributed by atoms with van der Waals surface area (Å²) in [6.45, 7) is 3.22. The molecule has 0 bridgehead atoms. The Bertz CT molecular complexity index is 1030. The van der Waals surface area contributed by atoms with Crippen molar-refractivity contribution in [3.63, 3.8) is 0 Å². The van der Waals surface area contributed by atoms with Gasteiger partial charge in [0, 0.05) is 43.3 Å². The Hall–Kier alpha value is -3.20. The molecular formula is C23H28N6O3. The smallest absolute Gasteiger partial charge is 0.232 e. The maximum absolute atomic E-state index is 6.50. The maximum Gasteiger partial charge on any atom is 0.232 e. The summed E-state index contributed by atoms with van der Waals surface area (Å²) in [6, 6.07) is 4.56. The molecule has 2 aliphatic rings. The lowest BCUT2D eigenvalue weighted by molar-refractivity contribution is 0.122. The first-order valence-electron chi connectivity index (χ1n) is 11.1. The van der Waals surface area contributed by atoms with Crippen LogP contribution in [0.25, 0.3) is 11.0 Å². The van der Waals surface area contributed by atoms with Crippen molar-refractivity contribution in [2.75, 3.05) is 43.6 Å². The van der Waals surface area contributed by atoms with Crippen LogP contribution in [0.15, 0.2) is 36.9 Å². The molecule has 32 heavy (non-hydrogen) atoms. The number of morpholine rings is 1. The minimum Gasteiger partial charge on any atom is -0.488 e. The van der Waals surface area contributed by atoms with Crippen molar-refractivity contribution in [2.24, 2.45) is 0 Å². The van der Waals surface area contributed by atoms with Gasteiger partial charge < -0.3 is 24.4 Å². The fourth-order valence-corrected chi connectivity index (χ4v) is 4.33. The number of ether oxygens (including phenoxy) is 3. The Kier molecular flexibility index (Phi) is 6.15. The van der Waals surface area contributed by atoms with Gasteiger partial charge in [0.2, 0.25) is 5.88 Å². The molecule has 3 heterocycles. The molecule has 2 fully saturated rings. The molecule has 3 aromatic rings. The van der Waals surface area contributed by atoms with Crippen molar-refractivity contribution in [3.8, 4) is 11.6 Å². The predicted molar refractivity (Wildman–Crippen MR) is 121 cm³/mol. The monoisotopic (exact) mass is 436 g/mol. The number of methoxy groups -OCH3 is 1. The number of benzene rings is 1. The van der Waals surface area contributed by atoms with Crippen LogP contribution in [0.5, 0.6) is 11.6 Å². The highest BCUT2D eigenvalue weighted by Crippen LogP contribution is 2.33. The molecule has 1 aliphatic carbocycles. The molecule has 0 radical (unpaired) electrons. The summed E-state index contributed by atoms with van der Waals surface area (Å²) in [4.78, 5) is 20.0. The highest BCUT2D eigenvalue weighted by atomic mass is 16.5. The molecule has 1 N–H and O–H groups in total. The minimum absolute atomic E-state index is 0.153. The van der Waals surface area contributed by atoms with Gasteiger partial charge in [0.25, 0.3) is 0 Å². The zero-order chi connectivity index (χ0) is 21.8. The lowest BCUT2D eigenvalue weighted by Gasteiger charge is -2.31. The van der Waals surface area contributed by atoms with Crippen LogP contribution in [0.2, 0.25) is 0 Å². The highest BCUT2D eigenvalue weighted by molar-refractivity contribution is 5.85. The van der Waals surface area contributed by atoms with Gasteiger partial charge >= 0.3 is 0 Å². The maximum atomic E-state index is 6.50. The fraction of sp³-hybridized carbons (Fsp3) is 0.478. The Labute approximate surface area is 187 Å². The number of fused-ring (bicyclic) bond motifs is 1. The van der Waals surface area contributed by atoms with E-state index < -0.39 is 0 Å². The molecule has 0 atom stereocenters. The molecule has 1 aliphatic heterocycles. The van der Waals surface area contributed by atoms with Crippen LogP contribution in [0.4, 0.5) is 11.5 Å². The van der Waals surface area contributed by atoms with Gasteiger partial charge in [-0.1, -0.05) is 0 Å². The first-order chi connectivity index (χ1) is 15.8. The average molecular weight is 437 g/mol. The van der Waals surface area contributed by atoms with E-state index in [-0.39, 0.29) is 6.10 Å². The van der Waals surface area contributed by atoms with E-state index in [1.54, 1.807) is 31.9 Å². The topological polar surface area (TPSA) is 94.5 Å². The van der Waals surface area contributed by atoms with Crippen LogP contribution in [-0.4, -0.2) is 65.5 Å². The molecular weight excluding hydrogens is 408 g/mol. The molecule has 1 saturated heterocycles. The number of nitrogens with one attached hydrogen (secondary N) is 1. The second-order valence-corrected chi connectivity index (χ2v) is 8.15. The quantitative estimate of drug-likeness (QED) is 0.625. The number of anilines is 2. The largest absolute Gasteiger partial charge is 0.488 e. The summed E-state index contributed by atoms with van der Waals surface area (Å²) < 4.78 is 17.1. The Morgan fingerprint density at radius 2 is 1.78 bits per heavy atom. The zero-order valence-corrected chi connectivity index (χ0v) is 18.2. The van der Waals surface area contributed by atoms with Gasteiger partial charge in [0.1, 0.15) is 17.1 Å². The number of nitrogens with zero attached hydrogens (tertiary/aromatic N) is 5.